The van der Waals surface area contributed by atoms with Crippen molar-refractivity contribution in [2.75, 3.05) is 24.3 Å². The van der Waals surface area contributed by atoms with Gasteiger partial charge in [0, 0.05) is 26.3 Å². The summed E-state index contributed by atoms with van der Waals surface area (Å²) in [7, 11) is 3.96. The van der Waals surface area contributed by atoms with Crippen molar-refractivity contribution in [3.8, 4) is 0 Å². The number of carbonyl (C=O) groups excluding carboxylic acids is 2. The molecule has 1 aromatic carbocycles. The summed E-state index contributed by atoms with van der Waals surface area (Å²) < 4.78 is 5.04. The Balaban J connectivity index is 1.55. The van der Waals surface area contributed by atoms with Gasteiger partial charge in [0.05, 0.1) is 16.1 Å². The van der Waals surface area contributed by atoms with Crippen LogP contribution < -0.4 is 15.5 Å². The molecule has 0 saturated heterocycles. The number of nitrogens with zero attached hydrogens (tertiary/aromatic N) is 1. The van der Waals surface area contributed by atoms with Crippen molar-refractivity contribution < 1.29 is 14.0 Å². The summed E-state index contributed by atoms with van der Waals surface area (Å²) in [4.78, 5) is 26.8. The minimum Gasteiger partial charge on any atom is -0.459 e. The molecule has 0 saturated carbocycles. The van der Waals surface area contributed by atoms with Gasteiger partial charge in [-0.2, -0.15) is 0 Å². The number of nitrogens with one attached hydrogen (secondary N) is 2. The molecule has 26 heavy (non-hydrogen) atoms. The van der Waals surface area contributed by atoms with Gasteiger partial charge >= 0.3 is 0 Å². The fourth-order valence-corrected chi connectivity index (χ4v) is 3.11. The van der Waals surface area contributed by atoms with Gasteiger partial charge in [-0.15, -0.1) is 11.3 Å². The second-order valence-electron chi connectivity index (χ2n) is 5.84. The number of carbonyl (C=O) groups is 2. The van der Waals surface area contributed by atoms with Crippen molar-refractivity contribution in [2.24, 2.45) is 0 Å². The molecule has 0 atom stereocenters. The predicted molar refractivity (Wildman–Crippen MR) is 103 cm³/mol. The van der Waals surface area contributed by atoms with Gasteiger partial charge in [-0.05, 0) is 42.0 Å². The van der Waals surface area contributed by atoms with E-state index in [4.69, 9.17) is 4.42 Å². The molecule has 2 amide bonds. The first-order valence-corrected chi connectivity index (χ1v) is 8.84. The van der Waals surface area contributed by atoms with Gasteiger partial charge in [0.2, 0.25) is 0 Å². The Bertz CT molecular complexity index is 883. The van der Waals surface area contributed by atoms with E-state index in [1.807, 2.05) is 43.3 Å². The molecule has 2 N–H and O–H groups in total. The fraction of sp³-hybridized carbons (Fsp3) is 0.158. The average Bonchev–Trinajstić information content (AvgIpc) is 3.32. The molecule has 0 radical (unpaired) electrons. The number of furan rings is 1. The van der Waals surface area contributed by atoms with Gasteiger partial charge in [-0.1, -0.05) is 12.1 Å². The second kappa shape index (κ2) is 7.88. The van der Waals surface area contributed by atoms with Gasteiger partial charge in [-0.3, -0.25) is 9.59 Å². The molecule has 0 bridgehead atoms. The molecule has 0 fully saturated rings. The lowest BCUT2D eigenvalue weighted by atomic mass is 10.2. The third-order valence-corrected chi connectivity index (χ3v) is 4.72. The Hall–Kier alpha value is -3.06. The highest BCUT2D eigenvalue weighted by molar-refractivity contribution is 7.18. The number of benzene rings is 1. The van der Waals surface area contributed by atoms with E-state index in [9.17, 15) is 9.59 Å². The zero-order valence-corrected chi connectivity index (χ0v) is 15.3. The summed E-state index contributed by atoms with van der Waals surface area (Å²) >= 11 is 1.22. The third kappa shape index (κ3) is 4.31. The summed E-state index contributed by atoms with van der Waals surface area (Å²) in [5.41, 5.74) is 2.13. The van der Waals surface area contributed by atoms with Crippen LogP contribution in [0.4, 0.5) is 10.7 Å². The summed E-state index contributed by atoms with van der Waals surface area (Å²) in [6.07, 6.45) is 1.44. The van der Waals surface area contributed by atoms with Gasteiger partial charge in [0.15, 0.2) is 5.76 Å². The lowest BCUT2D eigenvalue weighted by Gasteiger charge is -2.12. The van der Waals surface area contributed by atoms with Crippen LogP contribution in [0, 0.1) is 0 Å². The number of hydrogen-bond donors (Lipinski definition) is 2. The van der Waals surface area contributed by atoms with Crippen LogP contribution in [-0.2, 0) is 6.54 Å². The van der Waals surface area contributed by atoms with Crippen molar-refractivity contribution in [1.82, 2.24) is 5.32 Å². The van der Waals surface area contributed by atoms with E-state index in [0.717, 1.165) is 11.3 Å². The van der Waals surface area contributed by atoms with Gasteiger partial charge in [0.1, 0.15) is 0 Å². The molecular formula is C19H19N3O3S. The highest BCUT2D eigenvalue weighted by atomic mass is 32.1. The molecule has 134 valence electrons. The van der Waals surface area contributed by atoms with Crippen LogP contribution in [0.1, 0.15) is 25.8 Å². The molecule has 6 nitrogen and oxygen atoms in total. The topological polar surface area (TPSA) is 74.6 Å². The minimum atomic E-state index is -0.343. The largest absolute Gasteiger partial charge is 0.459 e. The lowest BCUT2D eigenvalue weighted by molar-refractivity contribution is 0.0953. The molecule has 2 heterocycles. The molecule has 0 unspecified atom stereocenters. The summed E-state index contributed by atoms with van der Waals surface area (Å²) in [5, 5.41) is 6.19. The van der Waals surface area contributed by atoms with Gasteiger partial charge in [-0.25, -0.2) is 0 Å². The van der Waals surface area contributed by atoms with Gasteiger partial charge < -0.3 is 20.0 Å². The van der Waals surface area contributed by atoms with E-state index in [1.54, 1.807) is 24.3 Å². The minimum absolute atomic E-state index is 0.176. The zero-order valence-electron chi connectivity index (χ0n) is 14.5. The molecule has 2 aromatic heterocycles. The number of amides is 2. The maximum atomic E-state index is 12.3. The molecule has 7 heteroatoms. The number of anilines is 2. The maximum absolute atomic E-state index is 12.3. The molecule has 0 aliphatic heterocycles. The first-order chi connectivity index (χ1) is 12.5. The quantitative estimate of drug-likeness (QED) is 0.696. The van der Waals surface area contributed by atoms with Crippen molar-refractivity contribution in [3.63, 3.8) is 0 Å². The standard InChI is InChI=1S/C19H19N3O3S/c1-22(2)14-7-5-13(6-8-14)12-20-19(24)16-9-10-17(26-16)21-18(23)15-4-3-11-25-15/h3-11H,12H2,1-2H3,(H,20,24)(H,21,23). The van der Waals surface area contributed by atoms with E-state index >= 15 is 0 Å². The van der Waals surface area contributed by atoms with Crippen molar-refractivity contribution in [3.05, 3.63) is 71.0 Å². The molecule has 0 spiro atoms. The van der Waals surface area contributed by atoms with E-state index in [-0.39, 0.29) is 17.6 Å². The van der Waals surface area contributed by atoms with E-state index < -0.39 is 0 Å². The Morgan fingerprint density at radius 2 is 1.81 bits per heavy atom. The molecular weight excluding hydrogens is 350 g/mol. The normalized spacial score (nSPS) is 10.4. The van der Waals surface area contributed by atoms with E-state index in [1.165, 1.54) is 17.6 Å². The Labute approximate surface area is 155 Å². The van der Waals surface area contributed by atoms with Crippen LogP contribution >= 0.6 is 11.3 Å². The number of rotatable bonds is 6. The smallest absolute Gasteiger partial charge is 0.291 e. The molecule has 0 aliphatic rings. The van der Waals surface area contributed by atoms with E-state index in [2.05, 4.69) is 10.6 Å². The molecule has 0 aliphatic carbocycles. The monoisotopic (exact) mass is 369 g/mol. The zero-order chi connectivity index (χ0) is 18.5. The van der Waals surface area contributed by atoms with E-state index in [0.29, 0.717) is 16.4 Å². The Morgan fingerprint density at radius 1 is 1.04 bits per heavy atom. The van der Waals surface area contributed by atoms with Crippen LogP contribution in [-0.4, -0.2) is 25.9 Å². The molecule has 3 rings (SSSR count). The summed E-state index contributed by atoms with van der Waals surface area (Å²) in [5.74, 6) is -0.291. The van der Waals surface area contributed by atoms with Crippen LogP contribution in [0.3, 0.4) is 0 Å². The van der Waals surface area contributed by atoms with Crippen LogP contribution in [0.25, 0.3) is 0 Å². The second-order valence-corrected chi connectivity index (χ2v) is 6.92. The van der Waals surface area contributed by atoms with Crippen LogP contribution in [0.15, 0.2) is 59.2 Å². The Kier molecular flexibility index (Phi) is 5.38. The first kappa shape index (κ1) is 17.8. The highest BCUT2D eigenvalue weighted by Gasteiger charge is 2.13. The van der Waals surface area contributed by atoms with Crippen molar-refractivity contribution in [1.29, 1.82) is 0 Å². The SMILES string of the molecule is CN(C)c1ccc(CNC(=O)c2ccc(NC(=O)c3ccco3)s2)cc1. The van der Waals surface area contributed by atoms with Crippen molar-refractivity contribution >= 4 is 33.8 Å². The number of thiophene rings is 1. The van der Waals surface area contributed by atoms with Gasteiger partial charge in [0.25, 0.3) is 11.8 Å². The predicted octanol–water partition coefficient (Wildman–Crippen LogP) is 3.59. The summed E-state index contributed by atoms with van der Waals surface area (Å²) in [6.45, 7) is 0.443. The highest BCUT2D eigenvalue weighted by Crippen LogP contribution is 2.22. The molecule has 3 aromatic rings. The van der Waals surface area contributed by atoms with Crippen LogP contribution in [0.2, 0.25) is 0 Å². The fourth-order valence-electron chi connectivity index (χ4n) is 2.29. The van der Waals surface area contributed by atoms with Crippen LogP contribution in [0.5, 0.6) is 0 Å². The number of hydrogen-bond acceptors (Lipinski definition) is 5. The first-order valence-electron chi connectivity index (χ1n) is 8.02. The third-order valence-electron chi connectivity index (χ3n) is 3.72. The summed E-state index contributed by atoms with van der Waals surface area (Å²) in [6, 6.07) is 14.6. The lowest BCUT2D eigenvalue weighted by Crippen LogP contribution is -2.21. The average molecular weight is 369 g/mol. The Morgan fingerprint density at radius 3 is 2.46 bits per heavy atom. The van der Waals surface area contributed by atoms with Crippen molar-refractivity contribution in [2.45, 2.75) is 6.54 Å². The maximum Gasteiger partial charge on any atom is 0.291 e.